The number of benzene rings is 2. The van der Waals surface area contributed by atoms with E-state index in [1.807, 2.05) is 0 Å². The lowest BCUT2D eigenvalue weighted by molar-refractivity contribution is -0.385. The maximum atomic E-state index is 14.2. The quantitative estimate of drug-likeness (QED) is 0.246. The lowest BCUT2D eigenvalue weighted by Gasteiger charge is -2.31. The number of nitro benzene ring substituents is 1. The number of halogens is 2. The second-order valence-electron chi connectivity index (χ2n) is 8.18. The minimum absolute atomic E-state index is 0.0236. The van der Waals surface area contributed by atoms with Crippen molar-refractivity contribution in [1.82, 2.24) is 14.8 Å². The molecule has 0 spiro atoms. The van der Waals surface area contributed by atoms with Gasteiger partial charge in [0.1, 0.15) is 12.0 Å². The Bertz CT molecular complexity index is 1250. The summed E-state index contributed by atoms with van der Waals surface area (Å²) >= 11 is 3.30. The molecular weight excluding hydrogens is 511 g/mol. The summed E-state index contributed by atoms with van der Waals surface area (Å²) in [5, 5.41) is 21.5. The molecule has 1 aromatic heterocycles. The maximum Gasteiger partial charge on any atom is 0.314 e. The number of H-pyrrole nitrogens is 1. The molecule has 0 saturated heterocycles. The van der Waals surface area contributed by atoms with Crippen molar-refractivity contribution in [2.45, 2.75) is 24.9 Å². The van der Waals surface area contributed by atoms with Gasteiger partial charge in [-0.15, -0.1) is 0 Å². The number of hydrogen-bond donors (Lipinski definition) is 2. The highest BCUT2D eigenvalue weighted by atomic mass is 79.9. The van der Waals surface area contributed by atoms with Gasteiger partial charge in [0.25, 0.3) is 0 Å². The van der Waals surface area contributed by atoms with Crippen molar-refractivity contribution < 1.29 is 24.0 Å². The van der Waals surface area contributed by atoms with Gasteiger partial charge >= 0.3 is 5.69 Å². The summed E-state index contributed by atoms with van der Waals surface area (Å²) < 4.78 is 14.7. The SMILES string of the molecule is CN(C)C(Cc1c[nH]c2ccc(F)c([N+](=O)[O-])c12)C(=O)N(C)C(C=O)Cc1cccc(O)c1Br. The molecule has 0 aliphatic rings. The minimum atomic E-state index is -0.957. The lowest BCUT2D eigenvalue weighted by atomic mass is 10.00. The molecule has 1 amide bonds. The van der Waals surface area contributed by atoms with Crippen molar-refractivity contribution in [2.75, 3.05) is 21.1 Å². The third-order valence-corrected chi connectivity index (χ3v) is 6.76. The fourth-order valence-corrected chi connectivity index (χ4v) is 4.34. The van der Waals surface area contributed by atoms with Crippen molar-refractivity contribution in [1.29, 1.82) is 0 Å². The highest BCUT2D eigenvalue weighted by molar-refractivity contribution is 9.10. The van der Waals surface area contributed by atoms with Crippen molar-refractivity contribution in [2.24, 2.45) is 0 Å². The van der Waals surface area contributed by atoms with Gasteiger partial charge in [-0.25, -0.2) is 0 Å². The Morgan fingerprint density at radius 1 is 1.24 bits per heavy atom. The van der Waals surface area contributed by atoms with Crippen LogP contribution in [0.3, 0.4) is 0 Å². The summed E-state index contributed by atoms with van der Waals surface area (Å²) in [6.45, 7) is 0. The first kappa shape index (κ1) is 25.3. The number of aromatic nitrogens is 1. The first-order valence-corrected chi connectivity index (χ1v) is 11.1. The number of amides is 1. The Kier molecular flexibility index (Phi) is 7.68. The van der Waals surface area contributed by atoms with Crippen molar-refractivity contribution in [3.8, 4) is 5.75 Å². The first-order chi connectivity index (χ1) is 16.1. The molecule has 9 nitrogen and oxygen atoms in total. The van der Waals surface area contributed by atoms with Crippen LogP contribution in [0.2, 0.25) is 0 Å². The molecule has 3 rings (SSSR count). The van der Waals surface area contributed by atoms with Gasteiger partial charge in [-0.2, -0.15) is 4.39 Å². The number of nitro groups is 1. The first-order valence-electron chi connectivity index (χ1n) is 10.3. The molecule has 0 radical (unpaired) electrons. The Morgan fingerprint density at radius 3 is 2.56 bits per heavy atom. The van der Waals surface area contributed by atoms with Gasteiger partial charge in [0.05, 0.1) is 32.4 Å². The molecule has 0 saturated carbocycles. The van der Waals surface area contributed by atoms with E-state index in [0.717, 1.165) is 6.07 Å². The summed E-state index contributed by atoms with van der Waals surface area (Å²) in [4.78, 5) is 41.9. The predicted octanol–water partition coefficient (Wildman–Crippen LogP) is 3.42. The zero-order valence-corrected chi connectivity index (χ0v) is 20.4. The Morgan fingerprint density at radius 2 is 1.94 bits per heavy atom. The number of carbonyl (C=O) groups excluding carboxylic acids is 2. The third-order valence-electron chi connectivity index (χ3n) is 5.85. The van der Waals surface area contributed by atoms with E-state index in [4.69, 9.17) is 0 Å². The average Bonchev–Trinajstić information content (AvgIpc) is 3.19. The number of hydrogen-bond acceptors (Lipinski definition) is 6. The van der Waals surface area contributed by atoms with Gasteiger partial charge in [-0.3, -0.25) is 19.8 Å². The zero-order valence-electron chi connectivity index (χ0n) is 18.8. The Hall–Kier alpha value is -3.31. The molecule has 0 aliphatic heterocycles. The van der Waals surface area contributed by atoms with Gasteiger partial charge in [0.2, 0.25) is 11.7 Å². The van der Waals surface area contributed by atoms with Gasteiger partial charge in [-0.05, 0) is 65.8 Å². The summed E-state index contributed by atoms with van der Waals surface area (Å²) in [7, 11) is 4.87. The van der Waals surface area contributed by atoms with Crippen LogP contribution in [0.5, 0.6) is 5.75 Å². The number of nitrogens with zero attached hydrogens (tertiary/aromatic N) is 3. The molecular formula is C23H24BrFN4O5. The van der Waals surface area contributed by atoms with E-state index >= 15 is 0 Å². The second-order valence-corrected chi connectivity index (χ2v) is 8.97. The van der Waals surface area contributed by atoms with E-state index in [0.29, 0.717) is 27.4 Å². The highest BCUT2D eigenvalue weighted by Crippen LogP contribution is 2.33. The number of aromatic amines is 1. The van der Waals surface area contributed by atoms with Crippen LogP contribution in [-0.2, 0) is 22.4 Å². The normalized spacial score (nSPS) is 13.1. The summed E-state index contributed by atoms with van der Waals surface area (Å²) in [6.07, 6.45) is 2.42. The van der Waals surface area contributed by atoms with Gasteiger partial charge in [0, 0.05) is 19.7 Å². The summed E-state index contributed by atoms with van der Waals surface area (Å²) in [6, 6.07) is 5.73. The number of fused-ring (bicyclic) bond motifs is 1. The minimum Gasteiger partial charge on any atom is -0.507 e. The third kappa shape index (κ3) is 4.95. The molecule has 180 valence electrons. The van der Waals surface area contributed by atoms with E-state index in [1.165, 1.54) is 30.3 Å². The number of rotatable bonds is 9. The maximum absolute atomic E-state index is 14.2. The van der Waals surface area contributed by atoms with Crippen LogP contribution in [-0.4, -0.2) is 70.2 Å². The van der Waals surface area contributed by atoms with Crippen molar-refractivity contribution in [3.63, 3.8) is 0 Å². The van der Waals surface area contributed by atoms with Crippen LogP contribution in [0.15, 0.2) is 41.0 Å². The largest absolute Gasteiger partial charge is 0.507 e. The van der Waals surface area contributed by atoms with Crippen LogP contribution >= 0.6 is 15.9 Å². The number of phenols is 1. The molecule has 11 heteroatoms. The molecule has 0 bridgehead atoms. The van der Waals surface area contributed by atoms with Crippen LogP contribution in [0, 0.1) is 15.9 Å². The zero-order chi connectivity index (χ0) is 25.2. The standard InChI is InChI=1S/C23H24BrFN4O5/c1-27(2)18(10-14-11-26-17-8-7-16(25)22(20(14)17)29(33)34)23(32)28(3)15(12-30)9-13-5-4-6-19(31)21(13)24/h4-8,11-12,15,18,26,31H,9-10H2,1-3H3. The summed E-state index contributed by atoms with van der Waals surface area (Å²) in [5.41, 5.74) is 0.813. The Balaban J connectivity index is 1.91. The van der Waals surface area contributed by atoms with Crippen LogP contribution in [0.25, 0.3) is 10.9 Å². The van der Waals surface area contributed by atoms with E-state index in [9.17, 15) is 29.2 Å². The monoisotopic (exact) mass is 534 g/mol. The molecule has 34 heavy (non-hydrogen) atoms. The average molecular weight is 535 g/mol. The highest BCUT2D eigenvalue weighted by Gasteiger charge is 2.31. The molecule has 1 heterocycles. The summed E-state index contributed by atoms with van der Waals surface area (Å²) in [5.74, 6) is -1.32. The predicted molar refractivity (Wildman–Crippen MR) is 128 cm³/mol. The number of phenolic OH excluding ortho intramolecular Hbond substituents is 1. The lowest BCUT2D eigenvalue weighted by Crippen LogP contribution is -2.50. The molecule has 3 aromatic rings. The number of aldehydes is 1. The molecule has 0 fully saturated rings. The molecule has 2 unspecified atom stereocenters. The van der Waals surface area contributed by atoms with Crippen LogP contribution in [0.4, 0.5) is 10.1 Å². The fourth-order valence-electron chi connectivity index (χ4n) is 3.91. The molecule has 2 N–H and O–H groups in total. The fraction of sp³-hybridized carbons (Fsp3) is 0.304. The molecule has 2 aromatic carbocycles. The number of aromatic hydroxyl groups is 1. The Labute approximate surface area is 203 Å². The van der Waals surface area contributed by atoms with E-state index < -0.39 is 28.5 Å². The van der Waals surface area contributed by atoms with Gasteiger partial charge in [0.15, 0.2) is 0 Å². The van der Waals surface area contributed by atoms with Gasteiger partial charge in [-0.1, -0.05) is 12.1 Å². The molecule has 0 aliphatic carbocycles. The number of carbonyl (C=O) groups is 2. The molecule has 2 atom stereocenters. The van der Waals surface area contributed by atoms with Crippen molar-refractivity contribution in [3.05, 3.63) is 68.1 Å². The van der Waals surface area contributed by atoms with E-state index in [-0.39, 0.29) is 29.9 Å². The van der Waals surface area contributed by atoms with Crippen molar-refractivity contribution >= 4 is 44.7 Å². The van der Waals surface area contributed by atoms with E-state index in [2.05, 4.69) is 20.9 Å². The smallest absolute Gasteiger partial charge is 0.314 e. The number of likely N-dealkylation sites (N-methyl/N-ethyl adjacent to an activating group) is 2. The number of nitrogens with one attached hydrogen (secondary N) is 1. The van der Waals surface area contributed by atoms with E-state index in [1.54, 1.807) is 31.1 Å². The van der Waals surface area contributed by atoms with Gasteiger partial charge < -0.3 is 19.8 Å². The van der Waals surface area contributed by atoms with Crippen LogP contribution < -0.4 is 0 Å². The topological polar surface area (TPSA) is 120 Å². The second kappa shape index (κ2) is 10.3. The van der Waals surface area contributed by atoms with Crippen LogP contribution in [0.1, 0.15) is 11.1 Å².